The van der Waals surface area contributed by atoms with Gasteiger partial charge in [0.15, 0.2) is 0 Å². The Hall–Kier alpha value is -2.56. The molecule has 5 heteroatoms. The lowest BCUT2D eigenvalue weighted by Gasteiger charge is -2.08. The number of carboxylic acids is 1. The smallest absolute Gasteiger partial charge is 0.352 e. The monoisotopic (exact) mass is 272 g/mol. The van der Waals surface area contributed by atoms with Crippen LogP contribution < -0.4 is 5.32 Å². The Balaban J connectivity index is 1.91. The Kier molecular flexibility index (Phi) is 4.20. The van der Waals surface area contributed by atoms with Crippen LogP contribution in [0.2, 0.25) is 0 Å². The van der Waals surface area contributed by atoms with Gasteiger partial charge in [-0.15, -0.1) is 0 Å². The molecule has 1 aromatic heterocycles. The van der Waals surface area contributed by atoms with Crippen molar-refractivity contribution in [2.24, 2.45) is 0 Å². The summed E-state index contributed by atoms with van der Waals surface area (Å²) < 4.78 is 1.41. The highest BCUT2D eigenvalue weighted by atomic mass is 16.4. The molecule has 1 amide bonds. The normalized spacial score (nSPS) is 10.2. The van der Waals surface area contributed by atoms with Crippen LogP contribution in [-0.2, 0) is 17.9 Å². The van der Waals surface area contributed by atoms with E-state index in [0.717, 1.165) is 5.56 Å². The molecule has 0 radical (unpaired) electrons. The number of nitrogens with zero attached hydrogens (tertiary/aromatic N) is 1. The summed E-state index contributed by atoms with van der Waals surface area (Å²) >= 11 is 0. The molecule has 0 saturated heterocycles. The summed E-state index contributed by atoms with van der Waals surface area (Å²) in [6.07, 6.45) is 1.58. The molecule has 0 aliphatic heterocycles. The lowest BCUT2D eigenvalue weighted by atomic mass is 10.1. The molecule has 0 saturated carbocycles. The summed E-state index contributed by atoms with van der Waals surface area (Å²) in [7, 11) is 0. The molecule has 1 aromatic carbocycles. The standard InChI is InChI=1S/C15H16N2O3/c1-11-4-6-12(7-5-11)9-16-14(18)10-17-8-2-3-13(17)15(19)20/h2-8H,9-10H2,1H3,(H,16,18)(H,19,20). The number of hydrogen-bond acceptors (Lipinski definition) is 2. The van der Waals surface area contributed by atoms with Crippen molar-refractivity contribution in [2.75, 3.05) is 0 Å². The van der Waals surface area contributed by atoms with E-state index >= 15 is 0 Å². The third-order valence-corrected chi connectivity index (χ3v) is 2.97. The molecule has 1 heterocycles. The topological polar surface area (TPSA) is 71.3 Å². The third-order valence-electron chi connectivity index (χ3n) is 2.97. The van der Waals surface area contributed by atoms with E-state index in [1.165, 1.54) is 16.2 Å². The summed E-state index contributed by atoms with van der Waals surface area (Å²) in [6, 6.07) is 10.9. The van der Waals surface area contributed by atoms with Gasteiger partial charge in [-0.05, 0) is 24.6 Å². The Bertz CT molecular complexity index is 614. The van der Waals surface area contributed by atoms with Crippen LogP contribution in [0.3, 0.4) is 0 Å². The number of amides is 1. The van der Waals surface area contributed by atoms with E-state index in [0.29, 0.717) is 6.54 Å². The molecular formula is C15H16N2O3. The van der Waals surface area contributed by atoms with Gasteiger partial charge in [0, 0.05) is 12.7 Å². The minimum atomic E-state index is -1.04. The van der Waals surface area contributed by atoms with Crippen molar-refractivity contribution in [2.45, 2.75) is 20.0 Å². The molecule has 0 aliphatic carbocycles. The Labute approximate surface area is 116 Å². The first-order valence-electron chi connectivity index (χ1n) is 6.27. The lowest BCUT2D eigenvalue weighted by Crippen LogP contribution is -2.28. The summed E-state index contributed by atoms with van der Waals surface area (Å²) in [5.41, 5.74) is 2.28. The summed E-state index contributed by atoms with van der Waals surface area (Å²) in [6.45, 7) is 2.44. The zero-order valence-electron chi connectivity index (χ0n) is 11.2. The lowest BCUT2D eigenvalue weighted by molar-refractivity contribution is -0.121. The first kappa shape index (κ1) is 13.9. The molecule has 0 atom stereocenters. The van der Waals surface area contributed by atoms with Crippen molar-refractivity contribution in [1.82, 2.24) is 9.88 Å². The minimum absolute atomic E-state index is 0.000491. The van der Waals surface area contributed by atoms with Crippen molar-refractivity contribution in [3.05, 3.63) is 59.4 Å². The molecule has 0 spiro atoms. The maximum atomic E-state index is 11.8. The quantitative estimate of drug-likeness (QED) is 0.872. The number of benzene rings is 1. The highest BCUT2D eigenvalue weighted by Gasteiger charge is 2.11. The predicted molar refractivity (Wildman–Crippen MR) is 74.4 cm³/mol. The van der Waals surface area contributed by atoms with Crippen molar-refractivity contribution in [1.29, 1.82) is 0 Å². The predicted octanol–water partition coefficient (Wildman–Crippen LogP) is 1.81. The maximum absolute atomic E-state index is 11.8. The molecule has 0 bridgehead atoms. The maximum Gasteiger partial charge on any atom is 0.352 e. The molecule has 104 valence electrons. The summed E-state index contributed by atoms with van der Waals surface area (Å²) in [4.78, 5) is 22.7. The van der Waals surface area contributed by atoms with E-state index in [1.807, 2.05) is 31.2 Å². The molecule has 2 N–H and O–H groups in total. The van der Waals surface area contributed by atoms with Crippen LogP contribution in [-0.4, -0.2) is 21.6 Å². The fraction of sp³-hybridized carbons (Fsp3) is 0.200. The second-order valence-corrected chi connectivity index (χ2v) is 4.59. The first-order chi connectivity index (χ1) is 9.56. The van der Waals surface area contributed by atoms with Gasteiger partial charge < -0.3 is 15.0 Å². The largest absolute Gasteiger partial charge is 0.477 e. The van der Waals surface area contributed by atoms with Crippen LogP contribution in [0.5, 0.6) is 0 Å². The number of carbonyl (C=O) groups is 2. The average Bonchev–Trinajstić information content (AvgIpc) is 2.86. The van der Waals surface area contributed by atoms with Crippen LogP contribution in [0.1, 0.15) is 21.6 Å². The van der Waals surface area contributed by atoms with Gasteiger partial charge in [-0.25, -0.2) is 4.79 Å². The molecule has 5 nitrogen and oxygen atoms in total. The van der Waals surface area contributed by atoms with Gasteiger partial charge in [0.25, 0.3) is 0 Å². The molecule has 2 aromatic rings. The minimum Gasteiger partial charge on any atom is -0.477 e. The van der Waals surface area contributed by atoms with E-state index in [4.69, 9.17) is 5.11 Å². The second kappa shape index (κ2) is 6.06. The number of nitrogens with one attached hydrogen (secondary N) is 1. The van der Waals surface area contributed by atoms with E-state index in [1.54, 1.807) is 12.3 Å². The second-order valence-electron chi connectivity index (χ2n) is 4.59. The number of aromatic carboxylic acids is 1. The van der Waals surface area contributed by atoms with Gasteiger partial charge in [-0.2, -0.15) is 0 Å². The van der Waals surface area contributed by atoms with E-state index in [-0.39, 0.29) is 18.1 Å². The van der Waals surface area contributed by atoms with Crippen molar-refractivity contribution < 1.29 is 14.7 Å². The average molecular weight is 272 g/mol. The highest BCUT2D eigenvalue weighted by molar-refractivity contribution is 5.86. The van der Waals surface area contributed by atoms with Crippen LogP contribution in [0, 0.1) is 6.92 Å². The number of aromatic nitrogens is 1. The molecule has 20 heavy (non-hydrogen) atoms. The number of hydrogen-bond donors (Lipinski definition) is 2. The zero-order valence-corrected chi connectivity index (χ0v) is 11.2. The van der Waals surface area contributed by atoms with Crippen LogP contribution in [0.25, 0.3) is 0 Å². The van der Waals surface area contributed by atoms with E-state index in [2.05, 4.69) is 5.32 Å². The van der Waals surface area contributed by atoms with E-state index < -0.39 is 5.97 Å². The number of aryl methyl sites for hydroxylation is 1. The van der Waals surface area contributed by atoms with Crippen LogP contribution in [0.4, 0.5) is 0 Å². The van der Waals surface area contributed by atoms with Gasteiger partial charge in [0.1, 0.15) is 12.2 Å². The SMILES string of the molecule is Cc1ccc(CNC(=O)Cn2cccc2C(=O)O)cc1. The number of carbonyl (C=O) groups excluding carboxylic acids is 1. The van der Waals surface area contributed by atoms with Crippen LogP contribution in [0.15, 0.2) is 42.6 Å². The molecule has 0 aliphatic rings. The Morgan fingerprint density at radius 1 is 1.20 bits per heavy atom. The Morgan fingerprint density at radius 3 is 2.55 bits per heavy atom. The Morgan fingerprint density at radius 2 is 1.90 bits per heavy atom. The van der Waals surface area contributed by atoms with Crippen LogP contribution >= 0.6 is 0 Å². The fourth-order valence-corrected chi connectivity index (χ4v) is 1.86. The number of carboxylic acid groups (broad SMARTS) is 1. The van der Waals surface area contributed by atoms with E-state index in [9.17, 15) is 9.59 Å². The van der Waals surface area contributed by atoms with Crippen molar-refractivity contribution in [3.63, 3.8) is 0 Å². The van der Waals surface area contributed by atoms with Gasteiger partial charge in [0.2, 0.25) is 5.91 Å². The summed E-state index contributed by atoms with van der Waals surface area (Å²) in [5, 5.41) is 11.7. The molecule has 0 unspecified atom stereocenters. The van der Waals surface area contributed by atoms with Crippen molar-refractivity contribution in [3.8, 4) is 0 Å². The fourth-order valence-electron chi connectivity index (χ4n) is 1.86. The molecule has 0 fully saturated rings. The highest BCUT2D eigenvalue weighted by Crippen LogP contribution is 2.04. The van der Waals surface area contributed by atoms with Gasteiger partial charge >= 0.3 is 5.97 Å². The van der Waals surface area contributed by atoms with Gasteiger partial charge in [-0.1, -0.05) is 29.8 Å². The molecular weight excluding hydrogens is 256 g/mol. The first-order valence-corrected chi connectivity index (χ1v) is 6.27. The van der Waals surface area contributed by atoms with Crippen molar-refractivity contribution >= 4 is 11.9 Å². The van der Waals surface area contributed by atoms with Gasteiger partial charge in [-0.3, -0.25) is 4.79 Å². The summed E-state index contributed by atoms with van der Waals surface area (Å²) in [5.74, 6) is -1.26. The number of rotatable bonds is 5. The zero-order chi connectivity index (χ0) is 14.5. The van der Waals surface area contributed by atoms with Gasteiger partial charge in [0.05, 0.1) is 0 Å². The third kappa shape index (κ3) is 3.47. The molecule has 2 rings (SSSR count).